The number of nitrogens with one attached hydrogen (secondary N) is 1. The van der Waals surface area contributed by atoms with E-state index in [0.29, 0.717) is 4.88 Å². The molecule has 0 radical (unpaired) electrons. The Morgan fingerprint density at radius 3 is 2.74 bits per heavy atom. The molecule has 0 bridgehead atoms. The average molecular weight is 280 g/mol. The lowest BCUT2D eigenvalue weighted by molar-refractivity contribution is -0.125. The highest BCUT2D eigenvalue weighted by atomic mass is 32.1. The van der Waals surface area contributed by atoms with Crippen molar-refractivity contribution in [1.29, 1.82) is 5.26 Å². The van der Waals surface area contributed by atoms with Gasteiger partial charge in [-0.1, -0.05) is 19.9 Å². The smallest absolute Gasteiger partial charge is 0.348 e. The van der Waals surface area contributed by atoms with E-state index in [1.54, 1.807) is 24.4 Å². The quantitative estimate of drug-likeness (QED) is 0.836. The maximum Gasteiger partial charge on any atom is 0.348 e. The zero-order valence-electron chi connectivity index (χ0n) is 11.1. The van der Waals surface area contributed by atoms with E-state index in [0.717, 1.165) is 0 Å². The lowest BCUT2D eigenvalue weighted by Crippen LogP contribution is -2.50. The normalized spacial score (nSPS) is 13.4. The number of hydrogen-bond donors (Lipinski definition) is 1. The lowest BCUT2D eigenvalue weighted by atomic mass is 9.90. The van der Waals surface area contributed by atoms with Gasteiger partial charge in [0.15, 0.2) is 6.61 Å². The minimum atomic E-state index is -0.966. The molecular weight excluding hydrogens is 264 g/mol. The van der Waals surface area contributed by atoms with Gasteiger partial charge in [0.1, 0.15) is 10.4 Å². The number of hydrogen-bond acceptors (Lipinski definition) is 5. The molecule has 5 nitrogen and oxygen atoms in total. The summed E-state index contributed by atoms with van der Waals surface area (Å²) in [5, 5.41) is 13.4. The maximum atomic E-state index is 11.7. The van der Waals surface area contributed by atoms with Crippen LogP contribution in [0.3, 0.4) is 0 Å². The van der Waals surface area contributed by atoms with E-state index in [9.17, 15) is 9.59 Å². The summed E-state index contributed by atoms with van der Waals surface area (Å²) in [5.74, 6) is -1.06. The van der Waals surface area contributed by atoms with E-state index in [1.807, 2.05) is 13.8 Å². The van der Waals surface area contributed by atoms with Gasteiger partial charge < -0.3 is 10.1 Å². The van der Waals surface area contributed by atoms with Gasteiger partial charge in [0, 0.05) is 0 Å². The molecule has 0 aromatic carbocycles. The Bertz CT molecular complexity index is 490. The molecule has 6 heteroatoms. The molecule has 1 aromatic rings. The number of ether oxygens (including phenoxy) is 1. The van der Waals surface area contributed by atoms with Crippen LogP contribution < -0.4 is 5.32 Å². The maximum absolute atomic E-state index is 11.7. The van der Waals surface area contributed by atoms with Crippen LogP contribution in [0.2, 0.25) is 0 Å². The number of thiophene rings is 1. The monoisotopic (exact) mass is 280 g/mol. The van der Waals surface area contributed by atoms with E-state index in [2.05, 4.69) is 11.4 Å². The van der Waals surface area contributed by atoms with Crippen molar-refractivity contribution in [3.63, 3.8) is 0 Å². The van der Waals surface area contributed by atoms with Crippen LogP contribution in [0.4, 0.5) is 0 Å². The van der Waals surface area contributed by atoms with Crippen LogP contribution in [-0.4, -0.2) is 24.0 Å². The van der Waals surface area contributed by atoms with Crippen LogP contribution in [0.1, 0.15) is 30.4 Å². The minimum absolute atomic E-state index is 0.0468. The minimum Gasteiger partial charge on any atom is -0.451 e. The van der Waals surface area contributed by atoms with Gasteiger partial charge in [0.25, 0.3) is 5.91 Å². The number of nitrogens with zero attached hydrogens (tertiary/aromatic N) is 1. The van der Waals surface area contributed by atoms with Crippen molar-refractivity contribution in [1.82, 2.24) is 5.32 Å². The molecule has 0 aliphatic carbocycles. The second-order valence-electron chi connectivity index (χ2n) is 4.57. The summed E-state index contributed by atoms with van der Waals surface area (Å²) in [6.45, 7) is 4.92. The number of esters is 1. The van der Waals surface area contributed by atoms with Crippen LogP contribution >= 0.6 is 11.3 Å². The summed E-state index contributed by atoms with van der Waals surface area (Å²) in [5.41, 5.74) is -0.966. The molecular formula is C13H16N2O3S. The first-order valence-corrected chi connectivity index (χ1v) is 6.70. The first-order chi connectivity index (χ1) is 8.89. The van der Waals surface area contributed by atoms with Crippen molar-refractivity contribution >= 4 is 23.2 Å². The summed E-state index contributed by atoms with van der Waals surface area (Å²) in [6, 6.07) is 5.41. The number of carbonyl (C=O) groups excluding carboxylic acids is 2. The highest BCUT2D eigenvalue weighted by Crippen LogP contribution is 2.15. The van der Waals surface area contributed by atoms with Gasteiger partial charge >= 0.3 is 5.97 Å². The molecule has 0 aliphatic rings. The largest absolute Gasteiger partial charge is 0.451 e. The lowest BCUT2D eigenvalue weighted by Gasteiger charge is -2.27. The molecule has 0 aliphatic heterocycles. The van der Waals surface area contributed by atoms with Gasteiger partial charge in [-0.15, -0.1) is 11.3 Å². The number of amides is 1. The Morgan fingerprint density at radius 1 is 1.58 bits per heavy atom. The number of nitriles is 1. The highest BCUT2D eigenvalue weighted by Gasteiger charge is 2.30. The summed E-state index contributed by atoms with van der Waals surface area (Å²) >= 11 is 1.25. The third-order valence-electron chi connectivity index (χ3n) is 2.84. The molecule has 1 heterocycles. The van der Waals surface area contributed by atoms with E-state index < -0.39 is 17.4 Å². The van der Waals surface area contributed by atoms with Crippen LogP contribution in [0.5, 0.6) is 0 Å². The second kappa shape index (κ2) is 6.34. The molecule has 0 saturated heterocycles. The van der Waals surface area contributed by atoms with E-state index >= 15 is 0 Å². The van der Waals surface area contributed by atoms with Gasteiger partial charge in [0.2, 0.25) is 0 Å². The Morgan fingerprint density at radius 2 is 2.26 bits per heavy atom. The van der Waals surface area contributed by atoms with Crippen LogP contribution in [-0.2, 0) is 9.53 Å². The number of rotatable bonds is 5. The number of carbonyl (C=O) groups is 2. The van der Waals surface area contributed by atoms with Crippen molar-refractivity contribution in [2.45, 2.75) is 26.3 Å². The van der Waals surface area contributed by atoms with Crippen molar-refractivity contribution in [2.75, 3.05) is 6.61 Å². The van der Waals surface area contributed by atoms with E-state index in [1.165, 1.54) is 11.3 Å². The molecule has 1 N–H and O–H groups in total. The van der Waals surface area contributed by atoms with Crippen LogP contribution in [0.25, 0.3) is 0 Å². The molecule has 19 heavy (non-hydrogen) atoms. The summed E-state index contributed by atoms with van der Waals surface area (Å²) in [4.78, 5) is 23.6. The summed E-state index contributed by atoms with van der Waals surface area (Å²) in [6.07, 6.45) is 0. The molecule has 0 fully saturated rings. The van der Waals surface area contributed by atoms with E-state index in [-0.39, 0.29) is 12.5 Å². The third kappa shape index (κ3) is 4.07. The molecule has 1 atom stereocenters. The predicted octanol–water partition coefficient (Wildman–Crippen LogP) is 1.96. The fourth-order valence-corrected chi connectivity index (χ4v) is 1.84. The van der Waals surface area contributed by atoms with Crippen LogP contribution in [0.15, 0.2) is 17.5 Å². The first-order valence-electron chi connectivity index (χ1n) is 5.82. The fraction of sp³-hybridized carbons (Fsp3) is 0.462. The Labute approximate surface area is 116 Å². The third-order valence-corrected chi connectivity index (χ3v) is 3.69. The molecule has 0 unspecified atom stereocenters. The molecule has 0 spiro atoms. The molecule has 0 saturated carbocycles. The van der Waals surface area contributed by atoms with E-state index in [4.69, 9.17) is 10.00 Å². The van der Waals surface area contributed by atoms with Crippen molar-refractivity contribution in [3.8, 4) is 6.07 Å². The van der Waals surface area contributed by atoms with Gasteiger partial charge in [-0.05, 0) is 24.3 Å². The predicted molar refractivity (Wildman–Crippen MR) is 71.6 cm³/mol. The average Bonchev–Trinajstić information content (AvgIpc) is 2.89. The Kier molecular flexibility index (Phi) is 5.07. The topological polar surface area (TPSA) is 79.2 Å². The van der Waals surface area contributed by atoms with Gasteiger partial charge in [0.05, 0.1) is 6.07 Å². The zero-order chi connectivity index (χ0) is 14.5. The van der Waals surface area contributed by atoms with Crippen molar-refractivity contribution in [2.24, 2.45) is 5.92 Å². The first kappa shape index (κ1) is 15.2. The van der Waals surface area contributed by atoms with Gasteiger partial charge in [-0.25, -0.2) is 4.79 Å². The molecule has 102 valence electrons. The van der Waals surface area contributed by atoms with Gasteiger partial charge in [-0.3, -0.25) is 4.79 Å². The van der Waals surface area contributed by atoms with Crippen molar-refractivity contribution < 1.29 is 14.3 Å². The molecule has 1 amide bonds. The standard InChI is InChI=1S/C13H16N2O3S/c1-9(2)13(3,8-14)15-11(16)7-18-12(17)10-5-4-6-19-10/h4-6,9H,7H2,1-3H3,(H,15,16)/t13-/m0/s1. The van der Waals surface area contributed by atoms with Crippen molar-refractivity contribution in [3.05, 3.63) is 22.4 Å². The zero-order valence-corrected chi connectivity index (χ0v) is 11.9. The summed E-state index contributed by atoms with van der Waals surface area (Å²) < 4.78 is 4.87. The fourth-order valence-electron chi connectivity index (χ4n) is 1.22. The molecule has 1 rings (SSSR count). The molecule has 1 aromatic heterocycles. The van der Waals surface area contributed by atoms with Gasteiger partial charge in [-0.2, -0.15) is 5.26 Å². The highest BCUT2D eigenvalue weighted by molar-refractivity contribution is 7.11. The second-order valence-corrected chi connectivity index (χ2v) is 5.52. The Hall–Kier alpha value is -1.87. The van der Waals surface area contributed by atoms with Crippen LogP contribution in [0, 0.1) is 17.2 Å². The SMILES string of the molecule is CC(C)[C@](C)(C#N)NC(=O)COC(=O)c1cccs1. The summed E-state index contributed by atoms with van der Waals surface area (Å²) in [7, 11) is 0. The Balaban J connectivity index is 2.49.